The molecule has 1 N–H and O–H groups in total. The molecule has 1 saturated heterocycles. The van der Waals surface area contributed by atoms with Crippen LogP contribution in [0, 0.1) is 5.92 Å². The molecular weight excluding hydrogens is 442 g/mol. The Hall–Kier alpha value is -2.88. The van der Waals surface area contributed by atoms with Crippen LogP contribution >= 0.6 is 0 Å². The lowest BCUT2D eigenvalue weighted by Crippen LogP contribution is -2.43. The third kappa shape index (κ3) is 5.91. The highest BCUT2D eigenvalue weighted by Gasteiger charge is 2.41. The summed E-state index contributed by atoms with van der Waals surface area (Å²) in [6.07, 6.45) is 7.21. The number of aliphatic hydroxyl groups is 1. The van der Waals surface area contributed by atoms with Crippen LogP contribution in [0.25, 0.3) is 0 Å². The molecule has 3 aromatic carbocycles. The second-order valence-electron chi connectivity index (χ2n) is 11.0. The molecule has 1 fully saturated rings. The number of methoxy groups -OCH3 is 1. The van der Waals surface area contributed by atoms with Gasteiger partial charge in [0, 0.05) is 20.2 Å². The van der Waals surface area contributed by atoms with E-state index >= 15 is 0 Å². The Kier molecular flexibility index (Phi) is 8.33. The van der Waals surface area contributed by atoms with Gasteiger partial charge in [0.25, 0.3) is 0 Å². The molecule has 0 saturated carbocycles. The molecule has 3 nitrogen and oxygen atoms in total. The summed E-state index contributed by atoms with van der Waals surface area (Å²) in [5.74, 6) is 0.167. The van der Waals surface area contributed by atoms with Crippen LogP contribution in [-0.2, 0) is 15.8 Å². The zero-order chi connectivity index (χ0) is 25.6. The molecule has 3 heteroatoms. The van der Waals surface area contributed by atoms with Gasteiger partial charge in [-0.15, -0.1) is 0 Å². The Morgan fingerprint density at radius 1 is 0.833 bits per heavy atom. The Bertz CT molecular complexity index is 1050. The number of likely N-dealkylation sites (tertiary alicyclic amines) is 1. The maximum atomic E-state index is 12.1. The van der Waals surface area contributed by atoms with E-state index in [4.69, 9.17) is 4.74 Å². The topological polar surface area (TPSA) is 32.7 Å². The van der Waals surface area contributed by atoms with E-state index in [1.54, 1.807) is 7.11 Å². The minimum absolute atomic E-state index is 0.0501. The molecule has 1 aliphatic rings. The minimum atomic E-state index is -0.974. The number of benzene rings is 3. The standard InChI is InChI=1S/C33H41NO2/c1-32(2,3)27-19-17-26(18-20-27)31(36-4)16-11-23-34-24-21-30(22-25-34)33(35,28-12-7-5-8-13-28)29-14-9-6-10-15-29/h5-15,17-20,23,30-31,35H,16,21-22,24-25H2,1-4H3/b23-11+. The van der Waals surface area contributed by atoms with E-state index in [9.17, 15) is 5.11 Å². The molecule has 1 aliphatic heterocycles. The zero-order valence-corrected chi connectivity index (χ0v) is 22.2. The fraction of sp³-hybridized carbons (Fsp3) is 0.394. The monoisotopic (exact) mass is 483 g/mol. The predicted molar refractivity (Wildman–Crippen MR) is 149 cm³/mol. The predicted octanol–water partition coefficient (Wildman–Crippen LogP) is 7.22. The lowest BCUT2D eigenvalue weighted by molar-refractivity contribution is -0.00866. The smallest absolute Gasteiger partial charge is 0.118 e. The van der Waals surface area contributed by atoms with Gasteiger partial charge in [-0.2, -0.15) is 0 Å². The van der Waals surface area contributed by atoms with Gasteiger partial charge < -0.3 is 14.7 Å². The number of ether oxygens (including phenoxy) is 1. The molecule has 1 atom stereocenters. The molecular formula is C33H41NO2. The summed E-state index contributed by atoms with van der Waals surface area (Å²) < 4.78 is 5.81. The van der Waals surface area contributed by atoms with E-state index < -0.39 is 5.60 Å². The highest BCUT2D eigenvalue weighted by Crippen LogP contribution is 2.42. The van der Waals surface area contributed by atoms with Crippen molar-refractivity contribution in [2.45, 2.75) is 57.2 Å². The number of nitrogens with zero attached hydrogens (tertiary/aromatic N) is 1. The average molecular weight is 484 g/mol. The first-order valence-electron chi connectivity index (χ1n) is 13.2. The zero-order valence-electron chi connectivity index (χ0n) is 22.2. The van der Waals surface area contributed by atoms with Crippen molar-refractivity contribution in [1.29, 1.82) is 0 Å². The summed E-state index contributed by atoms with van der Waals surface area (Å²) in [6, 6.07) is 29.1. The summed E-state index contributed by atoms with van der Waals surface area (Å²) in [5, 5.41) is 12.1. The molecule has 0 amide bonds. The third-order valence-electron chi connectivity index (χ3n) is 7.65. The van der Waals surface area contributed by atoms with Crippen molar-refractivity contribution in [3.63, 3.8) is 0 Å². The number of hydrogen-bond donors (Lipinski definition) is 1. The minimum Gasteiger partial charge on any atom is -0.380 e. The summed E-state index contributed by atoms with van der Waals surface area (Å²) in [4.78, 5) is 2.38. The molecule has 3 aromatic rings. The van der Waals surface area contributed by atoms with Crippen LogP contribution in [0.3, 0.4) is 0 Å². The van der Waals surface area contributed by atoms with Gasteiger partial charge in [0.15, 0.2) is 0 Å². The number of rotatable bonds is 8. The van der Waals surface area contributed by atoms with Crippen molar-refractivity contribution in [1.82, 2.24) is 4.90 Å². The Morgan fingerprint density at radius 2 is 1.36 bits per heavy atom. The van der Waals surface area contributed by atoms with Crippen LogP contribution in [0.4, 0.5) is 0 Å². The van der Waals surface area contributed by atoms with Crippen molar-refractivity contribution in [3.05, 3.63) is 119 Å². The quantitative estimate of drug-likeness (QED) is 0.367. The van der Waals surface area contributed by atoms with Crippen molar-refractivity contribution in [3.8, 4) is 0 Å². The SMILES string of the molecule is COC(C/C=C/N1CCC(C(O)(c2ccccc2)c2ccccc2)CC1)c1ccc(C(C)(C)C)cc1. The Balaban J connectivity index is 1.39. The average Bonchev–Trinajstić information content (AvgIpc) is 2.91. The summed E-state index contributed by atoms with van der Waals surface area (Å²) >= 11 is 0. The van der Waals surface area contributed by atoms with Crippen LogP contribution in [0.1, 0.15) is 68.4 Å². The number of piperidine rings is 1. The third-order valence-corrected chi connectivity index (χ3v) is 7.65. The van der Waals surface area contributed by atoms with Crippen LogP contribution in [0.2, 0.25) is 0 Å². The highest BCUT2D eigenvalue weighted by atomic mass is 16.5. The van der Waals surface area contributed by atoms with Crippen LogP contribution in [0.5, 0.6) is 0 Å². The molecule has 0 radical (unpaired) electrons. The van der Waals surface area contributed by atoms with Gasteiger partial charge in [0.05, 0.1) is 6.10 Å². The molecule has 0 aliphatic carbocycles. The second kappa shape index (κ2) is 11.5. The molecule has 4 rings (SSSR count). The molecule has 36 heavy (non-hydrogen) atoms. The van der Waals surface area contributed by atoms with E-state index in [2.05, 4.69) is 86.5 Å². The van der Waals surface area contributed by atoms with Crippen LogP contribution in [0.15, 0.2) is 97.2 Å². The van der Waals surface area contributed by atoms with Gasteiger partial charge in [0.1, 0.15) is 5.60 Å². The Labute approximate surface area is 217 Å². The van der Waals surface area contributed by atoms with Gasteiger partial charge in [-0.3, -0.25) is 0 Å². The Morgan fingerprint density at radius 3 is 1.83 bits per heavy atom. The lowest BCUT2D eigenvalue weighted by Gasteiger charge is -2.42. The van der Waals surface area contributed by atoms with Gasteiger partial charge in [-0.1, -0.05) is 112 Å². The van der Waals surface area contributed by atoms with Crippen molar-refractivity contribution in [2.75, 3.05) is 20.2 Å². The van der Waals surface area contributed by atoms with E-state index in [1.807, 2.05) is 36.4 Å². The molecule has 0 spiro atoms. The molecule has 0 bridgehead atoms. The fourth-order valence-electron chi connectivity index (χ4n) is 5.39. The van der Waals surface area contributed by atoms with Gasteiger partial charge in [0.2, 0.25) is 0 Å². The van der Waals surface area contributed by atoms with E-state index in [0.29, 0.717) is 0 Å². The summed E-state index contributed by atoms with van der Waals surface area (Å²) in [7, 11) is 1.79. The van der Waals surface area contributed by atoms with Gasteiger partial charge in [-0.25, -0.2) is 0 Å². The van der Waals surface area contributed by atoms with E-state index in [-0.39, 0.29) is 17.4 Å². The largest absolute Gasteiger partial charge is 0.380 e. The second-order valence-corrected chi connectivity index (χ2v) is 11.0. The first kappa shape index (κ1) is 26.2. The maximum absolute atomic E-state index is 12.1. The van der Waals surface area contributed by atoms with Crippen LogP contribution in [-0.4, -0.2) is 30.2 Å². The summed E-state index contributed by atoms with van der Waals surface area (Å²) in [5.41, 5.74) is 3.69. The molecule has 190 valence electrons. The van der Waals surface area contributed by atoms with E-state index in [1.165, 1.54) is 11.1 Å². The first-order chi connectivity index (χ1) is 17.3. The highest BCUT2D eigenvalue weighted by molar-refractivity contribution is 5.37. The van der Waals surface area contributed by atoms with Crippen molar-refractivity contribution in [2.24, 2.45) is 5.92 Å². The number of hydrogen-bond acceptors (Lipinski definition) is 3. The van der Waals surface area contributed by atoms with Crippen molar-refractivity contribution < 1.29 is 9.84 Å². The fourth-order valence-corrected chi connectivity index (χ4v) is 5.39. The van der Waals surface area contributed by atoms with Gasteiger partial charge >= 0.3 is 0 Å². The molecule has 0 aromatic heterocycles. The molecule has 1 unspecified atom stereocenters. The lowest BCUT2D eigenvalue weighted by atomic mass is 9.72. The maximum Gasteiger partial charge on any atom is 0.118 e. The molecule has 1 heterocycles. The van der Waals surface area contributed by atoms with E-state index in [0.717, 1.165) is 43.5 Å². The van der Waals surface area contributed by atoms with Crippen LogP contribution < -0.4 is 0 Å². The van der Waals surface area contributed by atoms with Crippen molar-refractivity contribution >= 4 is 0 Å². The summed E-state index contributed by atoms with van der Waals surface area (Å²) in [6.45, 7) is 8.58. The van der Waals surface area contributed by atoms with Gasteiger partial charge in [-0.05, 0) is 59.0 Å². The first-order valence-corrected chi connectivity index (χ1v) is 13.2. The normalized spacial score (nSPS) is 16.4.